The summed E-state index contributed by atoms with van der Waals surface area (Å²) >= 11 is 3.30. The van der Waals surface area contributed by atoms with Crippen LogP contribution in [-0.4, -0.2) is 11.5 Å². The third kappa shape index (κ3) is 3.83. The molecule has 0 amide bonds. The summed E-state index contributed by atoms with van der Waals surface area (Å²) in [6, 6.07) is 6.82. The van der Waals surface area contributed by atoms with Crippen LogP contribution in [0.5, 0.6) is 0 Å². The summed E-state index contributed by atoms with van der Waals surface area (Å²) < 4.78 is 40.3. The van der Waals surface area contributed by atoms with Crippen molar-refractivity contribution >= 4 is 15.9 Å². The lowest BCUT2D eigenvalue weighted by Gasteiger charge is -2.22. The molecule has 112 valence electrons. The van der Waals surface area contributed by atoms with Gasteiger partial charge in [-0.3, -0.25) is 4.98 Å². The first kappa shape index (κ1) is 16.0. The molecule has 1 atom stereocenters. The first-order chi connectivity index (χ1) is 9.93. The van der Waals surface area contributed by atoms with Crippen LogP contribution in [0.25, 0.3) is 0 Å². The number of nitrogens with one attached hydrogen (secondary N) is 1. The molecule has 0 aliphatic rings. The van der Waals surface area contributed by atoms with Crippen molar-refractivity contribution in [1.29, 1.82) is 0 Å². The lowest BCUT2D eigenvalue weighted by Crippen LogP contribution is -2.25. The maximum atomic E-state index is 13.2. The summed E-state index contributed by atoms with van der Waals surface area (Å²) in [5.74, 6) is 0. The maximum absolute atomic E-state index is 13.2. The van der Waals surface area contributed by atoms with Gasteiger partial charge in [-0.15, -0.1) is 0 Å². The molecule has 2 nitrogen and oxygen atoms in total. The molecule has 0 bridgehead atoms. The molecule has 6 heteroatoms. The smallest absolute Gasteiger partial charge is 0.306 e. The van der Waals surface area contributed by atoms with Crippen LogP contribution in [-0.2, 0) is 6.18 Å². The summed E-state index contributed by atoms with van der Waals surface area (Å²) in [5, 5.41) is 3.09. The minimum atomic E-state index is -4.39. The maximum Gasteiger partial charge on any atom is 0.416 e. The Labute approximate surface area is 129 Å². The predicted molar refractivity (Wildman–Crippen MR) is 78.9 cm³/mol. The molecule has 0 saturated heterocycles. The number of nitrogens with zero attached hydrogens (tertiary/aromatic N) is 1. The van der Waals surface area contributed by atoms with Crippen molar-refractivity contribution in [3.8, 4) is 0 Å². The molecule has 0 aliphatic carbocycles. The molecule has 0 saturated carbocycles. The molecule has 0 radical (unpaired) electrons. The lowest BCUT2D eigenvalue weighted by molar-refractivity contribution is -0.138. The monoisotopic (exact) mass is 358 g/mol. The first-order valence-electron chi connectivity index (χ1n) is 6.43. The highest BCUT2D eigenvalue weighted by atomic mass is 79.9. The van der Waals surface area contributed by atoms with E-state index in [0.29, 0.717) is 12.1 Å². The highest BCUT2D eigenvalue weighted by molar-refractivity contribution is 9.10. The van der Waals surface area contributed by atoms with Crippen molar-refractivity contribution in [2.75, 3.05) is 6.54 Å². The molecule has 1 aromatic heterocycles. The van der Waals surface area contributed by atoms with E-state index in [2.05, 4.69) is 26.2 Å². The Morgan fingerprint density at radius 3 is 2.57 bits per heavy atom. The Morgan fingerprint density at radius 2 is 1.95 bits per heavy atom. The minimum absolute atomic E-state index is 0.201. The molecule has 2 aromatic rings. The Bertz CT molecular complexity index is 614. The number of benzene rings is 1. The lowest BCUT2D eigenvalue weighted by atomic mass is 9.95. The molecule has 0 spiro atoms. The molecular weight excluding hydrogens is 345 g/mol. The summed E-state index contributed by atoms with van der Waals surface area (Å²) in [4.78, 5) is 4.04. The van der Waals surface area contributed by atoms with Crippen molar-refractivity contribution in [3.63, 3.8) is 0 Å². The van der Waals surface area contributed by atoms with E-state index in [1.165, 1.54) is 12.1 Å². The third-order valence-electron chi connectivity index (χ3n) is 3.04. The van der Waals surface area contributed by atoms with Crippen molar-refractivity contribution in [2.45, 2.75) is 19.1 Å². The molecule has 21 heavy (non-hydrogen) atoms. The second kappa shape index (κ2) is 6.58. The van der Waals surface area contributed by atoms with Gasteiger partial charge in [0, 0.05) is 16.9 Å². The van der Waals surface area contributed by atoms with E-state index in [-0.39, 0.29) is 5.56 Å². The second-order valence-corrected chi connectivity index (χ2v) is 5.43. The van der Waals surface area contributed by atoms with Crippen molar-refractivity contribution in [3.05, 3.63) is 63.9 Å². The fourth-order valence-corrected chi connectivity index (χ4v) is 2.59. The average molecular weight is 359 g/mol. The molecule has 0 fully saturated rings. The number of pyridine rings is 1. The summed E-state index contributed by atoms with van der Waals surface area (Å²) in [7, 11) is 0. The Kier molecular flexibility index (Phi) is 5.00. The van der Waals surface area contributed by atoms with Crippen molar-refractivity contribution in [1.82, 2.24) is 10.3 Å². The number of rotatable bonds is 4. The van der Waals surface area contributed by atoms with Gasteiger partial charge in [0.25, 0.3) is 0 Å². The number of hydrogen-bond donors (Lipinski definition) is 1. The van der Waals surface area contributed by atoms with Crippen LogP contribution in [0.4, 0.5) is 13.2 Å². The van der Waals surface area contributed by atoms with Crippen LogP contribution in [0, 0.1) is 0 Å². The molecule has 1 heterocycles. The van der Waals surface area contributed by atoms with Crippen LogP contribution in [0.3, 0.4) is 0 Å². The molecule has 1 unspecified atom stereocenters. The van der Waals surface area contributed by atoms with Gasteiger partial charge in [0.15, 0.2) is 0 Å². The van der Waals surface area contributed by atoms with Gasteiger partial charge in [-0.05, 0) is 45.7 Å². The van der Waals surface area contributed by atoms with Gasteiger partial charge in [-0.2, -0.15) is 13.2 Å². The average Bonchev–Trinajstić information content (AvgIpc) is 2.44. The zero-order chi connectivity index (χ0) is 15.5. The van der Waals surface area contributed by atoms with E-state index < -0.39 is 17.8 Å². The van der Waals surface area contributed by atoms with E-state index in [4.69, 9.17) is 0 Å². The van der Waals surface area contributed by atoms with Gasteiger partial charge in [0.05, 0.1) is 11.6 Å². The van der Waals surface area contributed by atoms with E-state index in [0.717, 1.165) is 10.5 Å². The quantitative estimate of drug-likeness (QED) is 0.866. The number of alkyl halides is 3. The Balaban J connectivity index is 2.54. The Morgan fingerprint density at radius 1 is 1.24 bits per heavy atom. The molecule has 1 aromatic carbocycles. The van der Waals surface area contributed by atoms with Crippen molar-refractivity contribution in [2.24, 2.45) is 0 Å². The second-order valence-electron chi connectivity index (χ2n) is 4.51. The van der Waals surface area contributed by atoms with E-state index in [1.807, 2.05) is 6.92 Å². The van der Waals surface area contributed by atoms with Crippen LogP contribution in [0.2, 0.25) is 0 Å². The SMILES string of the molecule is CCNC(c1cncc(Br)c1)c1ccccc1C(F)(F)F. The van der Waals surface area contributed by atoms with Gasteiger partial charge in [0.2, 0.25) is 0 Å². The fraction of sp³-hybridized carbons (Fsp3) is 0.267. The summed E-state index contributed by atoms with van der Waals surface area (Å²) in [6.45, 7) is 2.40. The largest absolute Gasteiger partial charge is 0.416 e. The predicted octanol–water partition coefficient (Wildman–Crippen LogP) is 4.56. The first-order valence-corrected chi connectivity index (χ1v) is 7.22. The van der Waals surface area contributed by atoms with Crippen molar-refractivity contribution < 1.29 is 13.2 Å². The van der Waals surface area contributed by atoms with Gasteiger partial charge >= 0.3 is 6.18 Å². The summed E-state index contributed by atoms with van der Waals surface area (Å²) in [5.41, 5.74) is 0.255. The van der Waals surface area contributed by atoms with Gasteiger partial charge < -0.3 is 5.32 Å². The third-order valence-corrected chi connectivity index (χ3v) is 3.48. The molecular formula is C15H14BrF3N2. The van der Waals surface area contributed by atoms with Gasteiger partial charge in [-0.1, -0.05) is 25.1 Å². The zero-order valence-electron chi connectivity index (χ0n) is 11.3. The van der Waals surface area contributed by atoms with E-state index in [1.54, 1.807) is 24.5 Å². The van der Waals surface area contributed by atoms with Gasteiger partial charge in [-0.25, -0.2) is 0 Å². The highest BCUT2D eigenvalue weighted by Crippen LogP contribution is 2.36. The topological polar surface area (TPSA) is 24.9 Å². The molecule has 2 rings (SSSR count). The van der Waals surface area contributed by atoms with Crippen LogP contribution < -0.4 is 5.32 Å². The fourth-order valence-electron chi connectivity index (χ4n) is 2.20. The normalized spacial score (nSPS) is 13.2. The van der Waals surface area contributed by atoms with Crippen LogP contribution >= 0.6 is 15.9 Å². The number of hydrogen-bond acceptors (Lipinski definition) is 2. The number of halogens is 4. The standard InChI is InChI=1S/C15H14BrF3N2/c1-2-21-14(10-7-11(16)9-20-8-10)12-5-3-4-6-13(12)15(17,18)19/h3-9,14,21H,2H2,1H3. The molecule has 0 aliphatic heterocycles. The van der Waals surface area contributed by atoms with Crippen LogP contribution in [0.15, 0.2) is 47.2 Å². The molecule has 1 N–H and O–H groups in total. The summed E-state index contributed by atoms with van der Waals surface area (Å²) in [6.07, 6.45) is -1.21. The van der Waals surface area contributed by atoms with Gasteiger partial charge in [0.1, 0.15) is 0 Å². The highest BCUT2D eigenvalue weighted by Gasteiger charge is 2.35. The Hall–Kier alpha value is -1.40. The van der Waals surface area contributed by atoms with E-state index >= 15 is 0 Å². The van der Waals surface area contributed by atoms with E-state index in [9.17, 15) is 13.2 Å². The zero-order valence-corrected chi connectivity index (χ0v) is 12.9. The van der Waals surface area contributed by atoms with Crippen LogP contribution in [0.1, 0.15) is 29.7 Å². The number of aromatic nitrogens is 1. The minimum Gasteiger partial charge on any atom is -0.306 e.